The summed E-state index contributed by atoms with van der Waals surface area (Å²) in [5.74, 6) is 0.294. The molecule has 0 saturated heterocycles. The van der Waals surface area contributed by atoms with Crippen molar-refractivity contribution in [2.24, 2.45) is 5.41 Å². The predicted molar refractivity (Wildman–Crippen MR) is 143 cm³/mol. The van der Waals surface area contributed by atoms with Gasteiger partial charge in [0.1, 0.15) is 5.60 Å². The standard InChI is InChI=1S/C24H46N2O.C5H10O2/c1-3-4-5-6-7-8-9-10-11-12-13-14-15-16-23(27)26-22-19-24(20-22)17-21(18-24)25-2;1-5(2,3)7-4-6/h21-22,25H,3-20H2,1-2H3,(H,26,27);4H,1-3H3. The molecule has 200 valence electrons. The van der Waals surface area contributed by atoms with Crippen molar-refractivity contribution in [2.75, 3.05) is 7.05 Å². The zero-order chi connectivity index (χ0) is 25.3. The Morgan fingerprint density at radius 1 is 0.824 bits per heavy atom. The molecule has 5 nitrogen and oxygen atoms in total. The van der Waals surface area contributed by atoms with Crippen molar-refractivity contribution in [3.63, 3.8) is 0 Å². The smallest absolute Gasteiger partial charge is 0.293 e. The average molecular weight is 481 g/mol. The number of carbonyl (C=O) groups is 2. The maximum Gasteiger partial charge on any atom is 0.293 e. The van der Waals surface area contributed by atoms with Crippen LogP contribution in [-0.2, 0) is 14.3 Å². The third kappa shape index (κ3) is 14.3. The molecule has 2 aliphatic carbocycles. The molecule has 34 heavy (non-hydrogen) atoms. The van der Waals surface area contributed by atoms with Gasteiger partial charge in [-0.05, 0) is 65.3 Å². The Balaban J connectivity index is 0.000000718. The fourth-order valence-corrected chi connectivity index (χ4v) is 5.36. The molecule has 0 radical (unpaired) electrons. The number of hydrogen-bond acceptors (Lipinski definition) is 4. The van der Waals surface area contributed by atoms with Gasteiger partial charge in [-0.15, -0.1) is 0 Å². The Kier molecular flexibility index (Phi) is 15.8. The Bertz CT molecular complexity index is 530. The zero-order valence-electron chi connectivity index (χ0n) is 23.2. The lowest BCUT2D eigenvalue weighted by Gasteiger charge is -2.57. The normalized spacial score (nSPS) is 23.3. The molecule has 2 saturated carbocycles. The number of hydrogen-bond donors (Lipinski definition) is 2. The number of nitrogens with one attached hydrogen (secondary N) is 2. The van der Waals surface area contributed by atoms with Gasteiger partial charge in [-0.1, -0.05) is 84.0 Å². The maximum atomic E-state index is 12.1. The molecule has 2 fully saturated rings. The van der Waals surface area contributed by atoms with E-state index in [2.05, 4.69) is 29.3 Å². The van der Waals surface area contributed by atoms with Gasteiger partial charge in [0.15, 0.2) is 0 Å². The highest BCUT2D eigenvalue weighted by Gasteiger charge is 2.52. The van der Waals surface area contributed by atoms with E-state index >= 15 is 0 Å². The summed E-state index contributed by atoms with van der Waals surface area (Å²) in [6, 6.07) is 1.20. The molecule has 0 atom stereocenters. The lowest BCUT2D eigenvalue weighted by Crippen LogP contribution is -2.60. The fourth-order valence-electron chi connectivity index (χ4n) is 5.36. The fraction of sp³-hybridized carbons (Fsp3) is 0.931. The molecule has 0 aromatic carbocycles. The van der Waals surface area contributed by atoms with Crippen molar-refractivity contribution in [3.05, 3.63) is 0 Å². The van der Waals surface area contributed by atoms with Crippen molar-refractivity contribution in [2.45, 2.75) is 161 Å². The second-order valence-corrected chi connectivity index (χ2v) is 11.9. The number of rotatable bonds is 17. The largest absolute Gasteiger partial charge is 0.462 e. The molecule has 0 aliphatic heterocycles. The van der Waals surface area contributed by atoms with Crippen LogP contribution in [0, 0.1) is 5.41 Å². The van der Waals surface area contributed by atoms with Crippen LogP contribution in [0.5, 0.6) is 0 Å². The molecular weight excluding hydrogens is 424 g/mol. The van der Waals surface area contributed by atoms with E-state index in [1.54, 1.807) is 0 Å². The molecule has 0 aromatic rings. The van der Waals surface area contributed by atoms with E-state index in [0.717, 1.165) is 18.9 Å². The lowest BCUT2D eigenvalue weighted by atomic mass is 9.52. The van der Waals surface area contributed by atoms with Crippen LogP contribution in [0.1, 0.15) is 143 Å². The van der Waals surface area contributed by atoms with Gasteiger partial charge in [-0.25, -0.2) is 0 Å². The van der Waals surface area contributed by atoms with Gasteiger partial charge >= 0.3 is 0 Å². The molecule has 2 rings (SSSR count). The molecule has 0 unspecified atom stereocenters. The topological polar surface area (TPSA) is 67.4 Å². The van der Waals surface area contributed by atoms with Crippen LogP contribution >= 0.6 is 0 Å². The van der Waals surface area contributed by atoms with Crippen molar-refractivity contribution in [3.8, 4) is 0 Å². The summed E-state index contributed by atoms with van der Waals surface area (Å²) in [5, 5.41) is 6.62. The van der Waals surface area contributed by atoms with Crippen LogP contribution in [0.4, 0.5) is 0 Å². The molecular formula is C29H56N2O3. The minimum atomic E-state index is -0.318. The van der Waals surface area contributed by atoms with Gasteiger partial charge in [0.25, 0.3) is 6.47 Å². The van der Waals surface area contributed by atoms with Gasteiger partial charge in [-0.3, -0.25) is 9.59 Å². The summed E-state index contributed by atoms with van der Waals surface area (Å²) in [4.78, 5) is 21.7. The molecule has 0 aromatic heterocycles. The van der Waals surface area contributed by atoms with E-state index < -0.39 is 0 Å². The van der Waals surface area contributed by atoms with Crippen molar-refractivity contribution >= 4 is 12.4 Å². The SMILES string of the molecule is CC(C)(C)OC=O.CCCCCCCCCCCCCCCC(=O)NC1CC2(CC(NC)C2)C1. The van der Waals surface area contributed by atoms with Gasteiger partial charge < -0.3 is 15.4 Å². The molecule has 2 N–H and O–H groups in total. The van der Waals surface area contributed by atoms with E-state index in [9.17, 15) is 9.59 Å². The number of amides is 1. The Morgan fingerprint density at radius 2 is 1.26 bits per heavy atom. The Hall–Kier alpha value is -1.10. The molecule has 0 bridgehead atoms. The second kappa shape index (κ2) is 17.3. The Morgan fingerprint density at radius 3 is 1.65 bits per heavy atom. The summed E-state index contributed by atoms with van der Waals surface area (Å²) < 4.78 is 4.55. The van der Waals surface area contributed by atoms with E-state index in [1.807, 2.05) is 20.8 Å². The molecule has 1 spiro atoms. The first-order chi connectivity index (χ1) is 16.2. The van der Waals surface area contributed by atoms with Crippen LogP contribution in [0.15, 0.2) is 0 Å². The molecule has 5 heteroatoms. The summed E-state index contributed by atoms with van der Waals surface area (Å²) in [6.07, 6.45) is 23.5. The highest BCUT2D eigenvalue weighted by molar-refractivity contribution is 5.76. The van der Waals surface area contributed by atoms with Crippen molar-refractivity contribution in [1.29, 1.82) is 0 Å². The average Bonchev–Trinajstić information content (AvgIpc) is 2.71. The van der Waals surface area contributed by atoms with Crippen molar-refractivity contribution < 1.29 is 14.3 Å². The molecule has 1 amide bonds. The van der Waals surface area contributed by atoms with Gasteiger partial charge in [-0.2, -0.15) is 0 Å². The lowest BCUT2D eigenvalue weighted by molar-refractivity contribution is -0.138. The van der Waals surface area contributed by atoms with Crippen LogP contribution in [0.2, 0.25) is 0 Å². The van der Waals surface area contributed by atoms with E-state index in [-0.39, 0.29) is 5.60 Å². The quantitative estimate of drug-likeness (QED) is 0.172. The molecule has 2 aliphatic rings. The van der Waals surface area contributed by atoms with E-state index in [1.165, 1.54) is 103 Å². The summed E-state index contributed by atoms with van der Waals surface area (Å²) in [7, 11) is 2.06. The van der Waals surface area contributed by atoms with Gasteiger partial charge in [0, 0.05) is 18.5 Å². The minimum Gasteiger partial charge on any atom is -0.462 e. The number of carbonyl (C=O) groups excluding carboxylic acids is 2. The van der Waals surface area contributed by atoms with Crippen LogP contribution < -0.4 is 10.6 Å². The second-order valence-electron chi connectivity index (χ2n) is 11.9. The first-order valence-corrected chi connectivity index (χ1v) is 14.3. The first kappa shape index (κ1) is 30.9. The predicted octanol–water partition coefficient (Wildman–Crippen LogP) is 7.07. The highest BCUT2D eigenvalue weighted by atomic mass is 16.5. The van der Waals surface area contributed by atoms with E-state index in [4.69, 9.17) is 0 Å². The molecule has 0 heterocycles. The zero-order valence-corrected chi connectivity index (χ0v) is 23.2. The van der Waals surface area contributed by atoms with Crippen LogP contribution in [0.25, 0.3) is 0 Å². The Labute approximate surface area is 210 Å². The summed E-state index contributed by atoms with van der Waals surface area (Å²) in [6.45, 7) is 8.20. The summed E-state index contributed by atoms with van der Waals surface area (Å²) in [5.41, 5.74) is 0.267. The van der Waals surface area contributed by atoms with Gasteiger partial charge in [0.2, 0.25) is 5.91 Å². The number of unbranched alkanes of at least 4 members (excludes halogenated alkanes) is 12. The first-order valence-electron chi connectivity index (χ1n) is 14.3. The third-order valence-corrected chi connectivity index (χ3v) is 7.40. The van der Waals surface area contributed by atoms with Crippen LogP contribution in [-0.4, -0.2) is 37.1 Å². The van der Waals surface area contributed by atoms with Crippen molar-refractivity contribution in [1.82, 2.24) is 10.6 Å². The van der Waals surface area contributed by atoms with E-state index in [0.29, 0.717) is 23.8 Å². The minimum absolute atomic E-state index is 0.294. The summed E-state index contributed by atoms with van der Waals surface area (Å²) >= 11 is 0. The highest BCUT2D eigenvalue weighted by Crippen LogP contribution is 2.55. The monoisotopic (exact) mass is 480 g/mol. The third-order valence-electron chi connectivity index (χ3n) is 7.40. The van der Waals surface area contributed by atoms with Crippen LogP contribution in [0.3, 0.4) is 0 Å². The van der Waals surface area contributed by atoms with Gasteiger partial charge in [0.05, 0.1) is 0 Å². The maximum absolute atomic E-state index is 12.1. The number of ether oxygens (including phenoxy) is 1.